The molecule has 0 saturated heterocycles. The van der Waals surface area contributed by atoms with Crippen molar-refractivity contribution in [2.45, 2.75) is 77.6 Å². The Hall–Kier alpha value is -13.1. The van der Waals surface area contributed by atoms with Crippen LogP contribution in [0.4, 0.5) is 54.8 Å². The Kier molecular flexibility index (Phi) is 34.1. The molecule has 20 aromatic rings. The summed E-state index contributed by atoms with van der Waals surface area (Å²) < 4.78 is 0. The number of anilines is 10. The highest BCUT2D eigenvalue weighted by molar-refractivity contribution is 7.27. The highest BCUT2D eigenvalue weighted by atomic mass is 32.1. The first-order valence-electron chi connectivity index (χ1n) is 45.8. The van der Waals surface area contributed by atoms with Crippen molar-refractivity contribution in [1.82, 2.24) is 0 Å². The number of thiophene rings is 6. The number of hydrogen-bond donors (Lipinski definition) is 2. The third-order valence-corrected chi connectivity index (χ3v) is 31.1. The third-order valence-electron chi connectivity index (χ3n) is 23.7. The molecule has 0 aliphatic carbocycles. The Morgan fingerprint density at radius 2 is 0.568 bits per heavy atom. The van der Waals surface area contributed by atoms with E-state index in [9.17, 15) is 0 Å². The van der Waals surface area contributed by atoms with E-state index in [0.717, 1.165) is 11.3 Å². The topological polar surface area (TPSA) is 37.0 Å². The number of hydrogen-bond acceptors (Lipinski definition) is 12. The van der Waals surface area contributed by atoms with E-state index in [0.29, 0.717) is 0 Å². The van der Waals surface area contributed by atoms with Crippen molar-refractivity contribution in [3.8, 4) is 60.6 Å². The standard InChI is InChI=1S/C29H21NS2.2C25H19NS2.C19H33N.C15H15N.C7H9N/c1-30(25-15-7-11-21-9-3-5-13-23(21)25)29-19-18-28(32-29)27-17-16-26(31-27)24-14-6-10-20-8-2-4-12-22(20)24;1-26(19-10-3-2-4-11-19)25-17-16-24(28-25)23-15-14-22(27-23)21-13-7-9-18-8-5-6-12-20(18)21;1-26(21-13-7-11-18-8-5-6-12-20(18)21)25-17-16-24(28-25)23-15-14-22(27-23)19-9-3-2-4-10-19;1-3-4-5-6-7-8-9-10-11-12-13-18-14-16-19(20-2)17-15-18;1-3-13-9-11-15(12-10-13)16(2)14-7-5-4-6-8-14;1-8-7-5-3-2-4-6-7/h2-19H,1H3;2*2-17H,1H3;14-17,20H,3-13H2,1-2H3;3-12H,1H2,2H3;2-6,8H,1H3. The van der Waals surface area contributed by atoms with Crippen molar-refractivity contribution in [3.05, 3.63) is 430 Å². The van der Waals surface area contributed by atoms with Crippen LogP contribution in [0.15, 0.2) is 419 Å². The lowest BCUT2D eigenvalue weighted by atomic mass is 10.0. The molecule has 662 valence electrons. The van der Waals surface area contributed by atoms with E-state index in [1.807, 2.05) is 137 Å². The number of rotatable bonds is 28. The molecule has 6 nitrogen and oxygen atoms in total. The molecule has 132 heavy (non-hydrogen) atoms. The molecule has 12 heteroatoms. The molecule has 20 rings (SSSR count). The third kappa shape index (κ3) is 24.9. The van der Waals surface area contributed by atoms with Gasteiger partial charge in [-0.05, 0) is 219 Å². The zero-order valence-electron chi connectivity index (χ0n) is 76.6. The minimum atomic E-state index is 1.14. The molecule has 0 unspecified atom stereocenters. The molecule has 0 saturated carbocycles. The van der Waals surface area contributed by atoms with Gasteiger partial charge >= 0.3 is 0 Å². The quantitative estimate of drug-likeness (QED) is 0.0476. The van der Waals surface area contributed by atoms with Crippen molar-refractivity contribution in [2.24, 2.45) is 0 Å². The maximum atomic E-state index is 3.75. The number of benzene rings is 14. The van der Waals surface area contributed by atoms with Gasteiger partial charge in [0, 0.05) is 137 Å². The molecule has 0 atom stereocenters. The molecule has 2 N–H and O–H groups in total. The highest BCUT2D eigenvalue weighted by Crippen LogP contribution is 2.47. The fourth-order valence-corrected chi connectivity index (χ4v) is 22.5. The Morgan fingerprint density at radius 1 is 0.250 bits per heavy atom. The number of aryl methyl sites for hydroxylation is 1. The molecule has 0 aliphatic heterocycles. The molecular weight excluding hydrogens is 1720 g/mol. The molecule has 14 aromatic carbocycles. The van der Waals surface area contributed by atoms with Gasteiger partial charge in [-0.25, -0.2) is 0 Å². The first-order valence-corrected chi connectivity index (χ1v) is 50.7. The predicted octanol–water partition coefficient (Wildman–Crippen LogP) is 37.4. The average molecular weight is 1830 g/mol. The van der Waals surface area contributed by atoms with Crippen LogP contribution < -0.4 is 30.2 Å². The van der Waals surface area contributed by atoms with E-state index >= 15 is 0 Å². The maximum Gasteiger partial charge on any atom is 0.0957 e. The molecule has 0 aliphatic rings. The molecule has 6 heterocycles. The van der Waals surface area contributed by atoms with Crippen molar-refractivity contribution < 1.29 is 0 Å². The van der Waals surface area contributed by atoms with E-state index in [1.165, 1.54) is 229 Å². The fourth-order valence-electron chi connectivity index (χ4n) is 16.2. The summed E-state index contributed by atoms with van der Waals surface area (Å²) in [4.78, 5) is 20.8. The van der Waals surface area contributed by atoms with Gasteiger partial charge in [-0.1, -0.05) is 344 Å². The van der Waals surface area contributed by atoms with Crippen molar-refractivity contribution in [3.63, 3.8) is 0 Å². The van der Waals surface area contributed by atoms with Crippen LogP contribution in [0, 0.1) is 0 Å². The van der Waals surface area contributed by atoms with Crippen molar-refractivity contribution in [1.29, 1.82) is 0 Å². The number of para-hydroxylation sites is 3. The second-order valence-electron chi connectivity index (χ2n) is 32.5. The zero-order valence-corrected chi connectivity index (χ0v) is 81.5. The van der Waals surface area contributed by atoms with E-state index in [-0.39, 0.29) is 0 Å². The Labute approximate surface area is 806 Å². The van der Waals surface area contributed by atoms with Gasteiger partial charge in [0.05, 0.1) is 15.0 Å². The summed E-state index contributed by atoms with van der Waals surface area (Å²) in [5, 5.41) is 20.2. The van der Waals surface area contributed by atoms with E-state index in [2.05, 4.69) is 436 Å². The van der Waals surface area contributed by atoms with Crippen LogP contribution in [-0.4, -0.2) is 42.3 Å². The van der Waals surface area contributed by atoms with Gasteiger partial charge in [-0.3, -0.25) is 0 Å². The summed E-state index contributed by atoms with van der Waals surface area (Å²) in [7, 11) is 12.4. The van der Waals surface area contributed by atoms with Crippen LogP contribution in [0.5, 0.6) is 0 Å². The minimum absolute atomic E-state index is 1.14. The Bertz CT molecular complexity index is 6880. The van der Waals surface area contributed by atoms with E-state index in [1.54, 1.807) is 0 Å². The number of fused-ring (bicyclic) bond motifs is 4. The summed E-state index contributed by atoms with van der Waals surface area (Å²) in [6, 6.07) is 146. The summed E-state index contributed by atoms with van der Waals surface area (Å²) >= 11 is 11.1. The monoisotopic (exact) mass is 1830 g/mol. The van der Waals surface area contributed by atoms with Crippen molar-refractivity contribution >= 4 is 172 Å². The lowest BCUT2D eigenvalue weighted by molar-refractivity contribution is 0.556. The first-order chi connectivity index (χ1) is 65.0. The second-order valence-corrected chi connectivity index (χ2v) is 39.0. The zero-order chi connectivity index (χ0) is 91.0. The smallest absolute Gasteiger partial charge is 0.0957 e. The second kappa shape index (κ2) is 48.1. The number of nitrogens with zero attached hydrogens (tertiary/aromatic N) is 4. The van der Waals surface area contributed by atoms with Gasteiger partial charge in [-0.2, -0.15) is 0 Å². The fraction of sp³-hybridized carbons (Fsp3) is 0.150. The summed E-state index contributed by atoms with van der Waals surface area (Å²) in [5.41, 5.74) is 14.9. The molecular formula is C120H116N6S6. The van der Waals surface area contributed by atoms with Crippen LogP contribution in [0.2, 0.25) is 0 Å². The van der Waals surface area contributed by atoms with E-state index < -0.39 is 0 Å². The predicted molar refractivity (Wildman–Crippen MR) is 591 cm³/mol. The highest BCUT2D eigenvalue weighted by Gasteiger charge is 2.18. The number of unbranched alkanes of at least 4 members (excludes halogenated alkanes) is 9. The number of nitrogens with one attached hydrogen (secondary N) is 2. The molecule has 0 amide bonds. The van der Waals surface area contributed by atoms with Crippen molar-refractivity contribution in [2.75, 3.05) is 72.5 Å². The lowest BCUT2D eigenvalue weighted by Gasteiger charge is -2.19. The normalized spacial score (nSPS) is 10.8. The first kappa shape index (κ1) is 93.5. The maximum absolute atomic E-state index is 3.75. The van der Waals surface area contributed by atoms with Crippen LogP contribution in [0.3, 0.4) is 0 Å². The van der Waals surface area contributed by atoms with Gasteiger partial charge in [0.25, 0.3) is 0 Å². The molecule has 0 fully saturated rings. The van der Waals surface area contributed by atoms with Crippen LogP contribution in [0.1, 0.15) is 82.3 Å². The van der Waals surface area contributed by atoms with Crippen LogP contribution in [-0.2, 0) is 6.42 Å². The minimum Gasteiger partial charge on any atom is -0.388 e. The molecule has 6 aromatic heterocycles. The van der Waals surface area contributed by atoms with Gasteiger partial charge in [0.1, 0.15) is 0 Å². The largest absolute Gasteiger partial charge is 0.388 e. The van der Waals surface area contributed by atoms with Gasteiger partial charge in [-0.15, -0.1) is 68.0 Å². The Balaban J connectivity index is 0.000000125. The SMILES string of the molecule is C=Cc1ccc(N(C)c2ccccc2)cc1.CCCCCCCCCCCCc1ccc(NC)cc1.CN(c1ccc(-c2ccc(-c3cccc4ccccc34)s2)s1)c1cccc2ccccc12.CN(c1ccc(-c2ccc(-c3ccccc3)s2)s1)c1cccc2ccccc12.CN(c1ccccc1)c1ccc(-c2ccc(-c3cccc4ccccc34)s2)s1.CNc1ccccc1. The van der Waals surface area contributed by atoms with Crippen LogP contribution >= 0.6 is 68.0 Å². The average Bonchev–Trinajstić information content (AvgIpc) is 1.62. The molecule has 0 spiro atoms. The summed E-state index contributed by atoms with van der Waals surface area (Å²) in [6.45, 7) is 6.03. The lowest BCUT2D eigenvalue weighted by Crippen LogP contribution is -2.08. The molecule has 0 bridgehead atoms. The van der Waals surface area contributed by atoms with Gasteiger partial charge < -0.3 is 30.2 Å². The van der Waals surface area contributed by atoms with Crippen LogP contribution in [0.25, 0.3) is 110 Å². The summed E-state index contributed by atoms with van der Waals surface area (Å²) in [6.07, 6.45) is 17.2. The molecule has 0 radical (unpaired) electrons. The van der Waals surface area contributed by atoms with Gasteiger partial charge in [0.2, 0.25) is 0 Å². The van der Waals surface area contributed by atoms with E-state index in [4.69, 9.17) is 0 Å². The summed E-state index contributed by atoms with van der Waals surface area (Å²) in [5.74, 6) is 0. The Morgan fingerprint density at radius 3 is 1.00 bits per heavy atom. The van der Waals surface area contributed by atoms with Gasteiger partial charge in [0.15, 0.2) is 0 Å².